The summed E-state index contributed by atoms with van der Waals surface area (Å²) in [5, 5.41) is 3.28. The number of imide groups is 1. The van der Waals surface area contributed by atoms with Crippen LogP contribution in [0.1, 0.15) is 20.3 Å². The Kier molecular flexibility index (Phi) is 5.83. The van der Waals surface area contributed by atoms with E-state index in [1.54, 1.807) is 12.5 Å². The van der Waals surface area contributed by atoms with Crippen molar-refractivity contribution in [2.24, 2.45) is 17.6 Å². The van der Waals surface area contributed by atoms with Gasteiger partial charge in [0.25, 0.3) is 5.91 Å². The number of urea groups is 1. The second kappa shape index (κ2) is 6.33. The number of hydrogen-bond acceptors (Lipinski definition) is 5. The van der Waals surface area contributed by atoms with E-state index >= 15 is 0 Å². The molecule has 0 spiro atoms. The quantitative estimate of drug-likeness (QED) is 0.271. The number of rotatable bonds is 4. The highest BCUT2D eigenvalue weighted by Gasteiger charge is 2.25. The number of nitrogens with two attached hydrogens (primary N) is 2. The van der Waals surface area contributed by atoms with E-state index in [1.165, 1.54) is 0 Å². The van der Waals surface area contributed by atoms with Crippen LogP contribution in [-0.4, -0.2) is 30.0 Å². The maximum Gasteiger partial charge on any atom is 0.352 e. The van der Waals surface area contributed by atoms with E-state index in [4.69, 9.17) is 11.7 Å². The third-order valence-electron chi connectivity index (χ3n) is 1.93. The fraction of sp³-hybridized carbons (Fsp3) is 0.750. The van der Waals surface area contributed by atoms with Gasteiger partial charge in [-0.3, -0.25) is 10.2 Å². The number of hydrogen-bond donors (Lipinski definition) is 4. The number of carbonyl (C=O) groups is 2. The molecule has 0 aliphatic carbocycles. The van der Waals surface area contributed by atoms with Gasteiger partial charge in [0.1, 0.15) is 0 Å². The average molecular weight is 217 g/mol. The van der Waals surface area contributed by atoms with E-state index in [-0.39, 0.29) is 0 Å². The number of nitrogens with zero attached hydrogens (tertiary/aromatic N) is 1. The van der Waals surface area contributed by atoms with Gasteiger partial charge in [-0.2, -0.15) is 5.01 Å². The van der Waals surface area contributed by atoms with Crippen LogP contribution < -0.4 is 22.4 Å². The molecule has 7 nitrogen and oxygen atoms in total. The Hall–Kier alpha value is -1.18. The molecule has 6 N–H and O–H groups in total. The molecule has 0 radical (unpaired) electrons. The first-order valence-electron chi connectivity index (χ1n) is 4.70. The minimum Gasteiger partial charge on any atom is -0.309 e. The third kappa shape index (κ3) is 4.24. The van der Waals surface area contributed by atoms with Gasteiger partial charge in [0.05, 0.1) is 6.04 Å². The van der Waals surface area contributed by atoms with Crippen LogP contribution in [0.3, 0.4) is 0 Å². The van der Waals surface area contributed by atoms with Crippen molar-refractivity contribution in [1.82, 2.24) is 15.8 Å². The van der Waals surface area contributed by atoms with Crippen LogP contribution >= 0.6 is 0 Å². The Labute approximate surface area is 89.1 Å². The predicted molar refractivity (Wildman–Crippen MR) is 56.1 cm³/mol. The minimum absolute atomic E-state index is 0.320. The van der Waals surface area contributed by atoms with Gasteiger partial charge in [-0.25, -0.2) is 16.5 Å². The highest BCUT2D eigenvalue weighted by atomic mass is 16.2. The number of hydrazine groups is 2. The summed E-state index contributed by atoms with van der Waals surface area (Å²) in [5.41, 5.74) is 1.79. The lowest BCUT2D eigenvalue weighted by atomic mass is 10.0. The summed E-state index contributed by atoms with van der Waals surface area (Å²) in [5.74, 6) is 9.95. The van der Waals surface area contributed by atoms with Crippen molar-refractivity contribution < 1.29 is 9.59 Å². The van der Waals surface area contributed by atoms with Gasteiger partial charge in [0.2, 0.25) is 0 Å². The summed E-state index contributed by atoms with van der Waals surface area (Å²) >= 11 is 0. The van der Waals surface area contributed by atoms with Crippen LogP contribution in [0.15, 0.2) is 0 Å². The topological polar surface area (TPSA) is 113 Å². The van der Waals surface area contributed by atoms with Gasteiger partial charge in [0, 0.05) is 0 Å². The minimum atomic E-state index is -0.830. The molecule has 0 bridgehead atoms. The standard InChI is InChI=1S/C8H19N5O2/c1-5(2)4-6(11-3)7(14)13(10)8(15)12-9/h5-6,11H,4,9-10H2,1-3H3,(H,12,15)/t6-/m0/s1. The maximum absolute atomic E-state index is 11.6. The van der Waals surface area contributed by atoms with Crippen LogP contribution in [0.2, 0.25) is 0 Å². The Bertz CT molecular complexity index is 231. The molecule has 0 unspecified atom stereocenters. The summed E-state index contributed by atoms with van der Waals surface area (Å²) in [6.07, 6.45) is 0.598. The lowest BCUT2D eigenvalue weighted by molar-refractivity contribution is -0.131. The third-order valence-corrected chi connectivity index (χ3v) is 1.93. The van der Waals surface area contributed by atoms with Crippen LogP contribution in [-0.2, 0) is 4.79 Å². The molecule has 3 amide bonds. The van der Waals surface area contributed by atoms with Crippen molar-refractivity contribution in [2.75, 3.05) is 7.05 Å². The fourth-order valence-corrected chi connectivity index (χ4v) is 1.15. The first-order valence-corrected chi connectivity index (χ1v) is 4.70. The normalized spacial score (nSPS) is 12.4. The average Bonchev–Trinajstić information content (AvgIpc) is 2.22. The number of likely N-dealkylation sites (N-methyl/N-ethyl adjacent to an activating group) is 1. The highest BCUT2D eigenvalue weighted by molar-refractivity contribution is 5.96. The first-order chi connectivity index (χ1) is 6.93. The van der Waals surface area contributed by atoms with E-state index < -0.39 is 18.0 Å². The van der Waals surface area contributed by atoms with Gasteiger partial charge in [-0.05, 0) is 19.4 Å². The molecule has 0 aromatic rings. The molecule has 7 heteroatoms. The monoisotopic (exact) mass is 217 g/mol. The molecule has 0 saturated heterocycles. The zero-order valence-corrected chi connectivity index (χ0v) is 9.28. The molecule has 0 aromatic heterocycles. The largest absolute Gasteiger partial charge is 0.352 e. The van der Waals surface area contributed by atoms with Gasteiger partial charge < -0.3 is 5.32 Å². The van der Waals surface area contributed by atoms with E-state index in [9.17, 15) is 9.59 Å². The van der Waals surface area contributed by atoms with E-state index in [2.05, 4.69) is 5.32 Å². The molecule has 0 fully saturated rings. The summed E-state index contributed by atoms with van der Waals surface area (Å²) in [4.78, 5) is 22.6. The Morgan fingerprint density at radius 1 is 1.40 bits per heavy atom. The summed E-state index contributed by atoms with van der Waals surface area (Å²) in [6, 6.07) is -1.31. The second-order valence-corrected chi connectivity index (χ2v) is 3.63. The number of nitrogens with one attached hydrogen (secondary N) is 2. The molecule has 0 rings (SSSR count). The molecule has 0 saturated carbocycles. The Morgan fingerprint density at radius 3 is 2.27 bits per heavy atom. The molecular weight excluding hydrogens is 198 g/mol. The number of amides is 3. The van der Waals surface area contributed by atoms with E-state index in [0.717, 1.165) is 0 Å². The molecule has 15 heavy (non-hydrogen) atoms. The molecule has 0 aromatic carbocycles. The van der Waals surface area contributed by atoms with Crippen molar-refractivity contribution in [3.05, 3.63) is 0 Å². The smallest absolute Gasteiger partial charge is 0.309 e. The summed E-state index contributed by atoms with van der Waals surface area (Å²) in [7, 11) is 1.64. The second-order valence-electron chi connectivity index (χ2n) is 3.63. The molecule has 0 aliphatic rings. The summed E-state index contributed by atoms with van der Waals surface area (Å²) in [6.45, 7) is 3.95. The zero-order chi connectivity index (χ0) is 12.0. The van der Waals surface area contributed by atoms with Crippen LogP contribution in [0.5, 0.6) is 0 Å². The van der Waals surface area contributed by atoms with Gasteiger partial charge in [-0.1, -0.05) is 13.8 Å². The Morgan fingerprint density at radius 2 is 1.93 bits per heavy atom. The zero-order valence-electron chi connectivity index (χ0n) is 9.28. The highest BCUT2D eigenvalue weighted by Crippen LogP contribution is 2.06. The number of carbonyl (C=O) groups excluding carboxylic acids is 2. The van der Waals surface area contributed by atoms with Crippen molar-refractivity contribution in [1.29, 1.82) is 0 Å². The van der Waals surface area contributed by atoms with Crippen molar-refractivity contribution in [3.8, 4) is 0 Å². The maximum atomic E-state index is 11.6. The summed E-state index contributed by atoms with van der Waals surface area (Å²) < 4.78 is 0. The fourth-order valence-electron chi connectivity index (χ4n) is 1.15. The van der Waals surface area contributed by atoms with Crippen molar-refractivity contribution >= 4 is 11.9 Å². The first kappa shape index (κ1) is 13.8. The van der Waals surface area contributed by atoms with Gasteiger partial charge in [-0.15, -0.1) is 0 Å². The molecule has 88 valence electrons. The lowest BCUT2D eigenvalue weighted by Gasteiger charge is -2.22. The van der Waals surface area contributed by atoms with Gasteiger partial charge in [0.15, 0.2) is 0 Å². The lowest BCUT2D eigenvalue weighted by Crippen LogP contribution is -2.56. The molecule has 0 heterocycles. The van der Waals surface area contributed by atoms with Crippen LogP contribution in [0, 0.1) is 5.92 Å². The molecular formula is C8H19N5O2. The Balaban J connectivity index is 4.44. The van der Waals surface area contributed by atoms with Gasteiger partial charge >= 0.3 is 6.03 Å². The van der Waals surface area contributed by atoms with Crippen LogP contribution in [0.25, 0.3) is 0 Å². The van der Waals surface area contributed by atoms with E-state index in [0.29, 0.717) is 17.3 Å². The van der Waals surface area contributed by atoms with Crippen molar-refractivity contribution in [2.45, 2.75) is 26.3 Å². The molecule has 1 atom stereocenters. The molecule has 0 aliphatic heterocycles. The SMILES string of the molecule is CN[C@@H](CC(C)C)C(=O)N(N)C(=O)NN. The van der Waals surface area contributed by atoms with E-state index in [1.807, 2.05) is 13.8 Å². The van der Waals surface area contributed by atoms with Crippen LogP contribution in [0.4, 0.5) is 4.79 Å². The van der Waals surface area contributed by atoms with Crippen molar-refractivity contribution in [3.63, 3.8) is 0 Å². The predicted octanol–water partition coefficient (Wildman–Crippen LogP) is -1.09.